The van der Waals surface area contributed by atoms with Gasteiger partial charge in [0.05, 0.1) is 0 Å². The van der Waals surface area contributed by atoms with Gasteiger partial charge in [-0.2, -0.15) is 0 Å². The highest BCUT2D eigenvalue weighted by atomic mass is 16.2. The number of urea groups is 1. The summed E-state index contributed by atoms with van der Waals surface area (Å²) in [6.07, 6.45) is 5.85. The van der Waals surface area contributed by atoms with Gasteiger partial charge in [0.15, 0.2) is 0 Å². The number of carbonyl (C=O) groups is 2. The number of amides is 3. The quantitative estimate of drug-likeness (QED) is 0.650. The Labute approximate surface area is 109 Å². The first kappa shape index (κ1) is 14.8. The van der Waals surface area contributed by atoms with Crippen LogP contribution in [0.3, 0.4) is 0 Å². The normalized spacial score (nSPS) is 16.4. The molecule has 0 aromatic rings. The molecule has 3 amide bonds. The molecule has 3 N–H and O–H groups in total. The van der Waals surface area contributed by atoms with Crippen molar-refractivity contribution in [3.8, 4) is 0 Å². The number of hydrogen-bond acceptors (Lipinski definition) is 2. The summed E-state index contributed by atoms with van der Waals surface area (Å²) in [5.74, 6) is 0.00514. The Morgan fingerprint density at radius 2 is 1.67 bits per heavy atom. The maximum atomic E-state index is 11.6. The Hall–Kier alpha value is -1.26. The molecule has 1 aliphatic rings. The van der Waals surface area contributed by atoms with Crippen molar-refractivity contribution in [1.82, 2.24) is 16.0 Å². The second kappa shape index (κ2) is 7.95. The summed E-state index contributed by atoms with van der Waals surface area (Å²) in [6, 6.07) is 0.199. The van der Waals surface area contributed by atoms with Crippen molar-refractivity contribution in [1.29, 1.82) is 0 Å². The van der Waals surface area contributed by atoms with Gasteiger partial charge in [-0.1, -0.05) is 33.1 Å². The lowest BCUT2D eigenvalue weighted by molar-refractivity contribution is -0.123. The van der Waals surface area contributed by atoms with E-state index in [9.17, 15) is 9.59 Å². The first-order valence-electron chi connectivity index (χ1n) is 6.91. The maximum absolute atomic E-state index is 11.6. The number of nitrogens with one attached hydrogen (secondary N) is 3. The number of rotatable bonds is 5. The van der Waals surface area contributed by atoms with Crippen LogP contribution in [0.5, 0.6) is 0 Å². The van der Waals surface area contributed by atoms with Crippen LogP contribution in [0.1, 0.15) is 46.0 Å². The molecule has 0 radical (unpaired) electrons. The van der Waals surface area contributed by atoms with Gasteiger partial charge in [0.1, 0.15) is 0 Å². The Balaban J connectivity index is 2.04. The maximum Gasteiger partial charge on any atom is 0.315 e. The van der Waals surface area contributed by atoms with Crippen molar-refractivity contribution >= 4 is 11.9 Å². The summed E-state index contributed by atoms with van der Waals surface area (Å²) in [5, 5.41) is 8.49. The second-order valence-corrected chi connectivity index (χ2v) is 5.18. The number of carbonyl (C=O) groups excluding carboxylic acids is 2. The van der Waals surface area contributed by atoms with E-state index in [1.807, 2.05) is 13.8 Å². The van der Waals surface area contributed by atoms with E-state index in [2.05, 4.69) is 16.0 Å². The van der Waals surface area contributed by atoms with Gasteiger partial charge < -0.3 is 16.0 Å². The fraction of sp³-hybridized carbons (Fsp3) is 0.846. The lowest BCUT2D eigenvalue weighted by Gasteiger charge is -2.22. The van der Waals surface area contributed by atoms with Gasteiger partial charge in [0.25, 0.3) is 0 Å². The van der Waals surface area contributed by atoms with Gasteiger partial charge in [0, 0.05) is 25.0 Å². The molecule has 0 aromatic heterocycles. The molecular weight excluding hydrogens is 230 g/mol. The van der Waals surface area contributed by atoms with Gasteiger partial charge in [-0.25, -0.2) is 4.79 Å². The predicted molar refractivity (Wildman–Crippen MR) is 71.3 cm³/mol. The summed E-state index contributed by atoms with van der Waals surface area (Å²) in [5.41, 5.74) is 0. The van der Waals surface area contributed by atoms with Crippen molar-refractivity contribution in [3.63, 3.8) is 0 Å². The van der Waals surface area contributed by atoms with E-state index < -0.39 is 0 Å². The molecule has 0 spiro atoms. The Morgan fingerprint density at radius 3 is 2.28 bits per heavy atom. The molecule has 1 saturated carbocycles. The highest BCUT2D eigenvalue weighted by Crippen LogP contribution is 2.16. The van der Waals surface area contributed by atoms with Gasteiger partial charge in [0.2, 0.25) is 5.91 Å². The summed E-state index contributed by atoms with van der Waals surface area (Å²) in [6.45, 7) is 4.64. The smallest absolute Gasteiger partial charge is 0.315 e. The van der Waals surface area contributed by atoms with Crippen LogP contribution in [0.4, 0.5) is 4.79 Å². The van der Waals surface area contributed by atoms with Gasteiger partial charge in [-0.05, 0) is 12.8 Å². The van der Waals surface area contributed by atoms with Crippen molar-refractivity contribution in [2.45, 2.75) is 52.0 Å². The Bertz CT molecular complexity index is 273. The molecule has 0 aliphatic heterocycles. The van der Waals surface area contributed by atoms with E-state index in [1.54, 1.807) is 0 Å². The van der Waals surface area contributed by atoms with Gasteiger partial charge in [-0.3, -0.25) is 4.79 Å². The monoisotopic (exact) mass is 255 g/mol. The highest BCUT2D eigenvalue weighted by molar-refractivity contribution is 5.78. The van der Waals surface area contributed by atoms with Crippen molar-refractivity contribution in [2.24, 2.45) is 5.92 Å². The molecule has 1 fully saturated rings. The topological polar surface area (TPSA) is 70.2 Å². The van der Waals surface area contributed by atoms with Crippen LogP contribution in [0.15, 0.2) is 0 Å². The third-order valence-electron chi connectivity index (χ3n) is 3.17. The molecule has 0 bridgehead atoms. The molecular formula is C13H25N3O2. The van der Waals surface area contributed by atoms with Crippen molar-refractivity contribution < 1.29 is 9.59 Å². The van der Waals surface area contributed by atoms with Crippen LogP contribution >= 0.6 is 0 Å². The highest BCUT2D eigenvalue weighted by Gasteiger charge is 2.15. The molecule has 1 rings (SSSR count). The fourth-order valence-electron chi connectivity index (χ4n) is 2.05. The zero-order chi connectivity index (χ0) is 13.4. The lowest BCUT2D eigenvalue weighted by atomic mass is 9.96. The molecule has 104 valence electrons. The average molecular weight is 255 g/mol. The fourth-order valence-corrected chi connectivity index (χ4v) is 2.05. The summed E-state index contributed by atoms with van der Waals surface area (Å²) in [4.78, 5) is 22.8. The van der Waals surface area contributed by atoms with E-state index in [0.29, 0.717) is 19.1 Å². The minimum atomic E-state index is -0.124. The second-order valence-electron chi connectivity index (χ2n) is 5.18. The summed E-state index contributed by atoms with van der Waals surface area (Å²) < 4.78 is 0. The summed E-state index contributed by atoms with van der Waals surface area (Å²) in [7, 11) is 0. The minimum Gasteiger partial charge on any atom is -0.354 e. The van der Waals surface area contributed by atoms with Gasteiger partial charge in [-0.15, -0.1) is 0 Å². The number of hydrogen-bond donors (Lipinski definition) is 3. The Morgan fingerprint density at radius 1 is 1.06 bits per heavy atom. The van der Waals surface area contributed by atoms with Crippen molar-refractivity contribution in [3.05, 3.63) is 0 Å². The third kappa shape index (κ3) is 5.89. The van der Waals surface area contributed by atoms with Crippen LogP contribution in [0.2, 0.25) is 0 Å². The molecule has 1 aliphatic carbocycles. The van der Waals surface area contributed by atoms with Crippen LogP contribution in [0, 0.1) is 5.92 Å². The predicted octanol–water partition coefficient (Wildman–Crippen LogP) is 1.39. The first-order valence-corrected chi connectivity index (χ1v) is 6.91. The molecule has 0 saturated heterocycles. The SMILES string of the molecule is CC(C)C(=O)NCCNC(=O)NC1CCCCC1. The van der Waals surface area contributed by atoms with E-state index in [1.165, 1.54) is 19.3 Å². The largest absolute Gasteiger partial charge is 0.354 e. The standard InChI is InChI=1S/C13H25N3O2/c1-10(2)12(17)14-8-9-15-13(18)16-11-6-4-3-5-7-11/h10-11H,3-9H2,1-2H3,(H,14,17)(H2,15,16,18). The third-order valence-corrected chi connectivity index (χ3v) is 3.17. The molecule has 18 heavy (non-hydrogen) atoms. The van der Waals surface area contributed by atoms with Crippen LogP contribution in [-0.4, -0.2) is 31.1 Å². The zero-order valence-electron chi connectivity index (χ0n) is 11.4. The van der Waals surface area contributed by atoms with Crippen LogP contribution < -0.4 is 16.0 Å². The zero-order valence-corrected chi connectivity index (χ0v) is 11.4. The lowest BCUT2D eigenvalue weighted by Crippen LogP contribution is -2.45. The van der Waals surface area contributed by atoms with Crippen molar-refractivity contribution in [2.75, 3.05) is 13.1 Å². The molecule has 0 aromatic carbocycles. The first-order chi connectivity index (χ1) is 8.59. The van der Waals surface area contributed by atoms with E-state index in [0.717, 1.165) is 12.8 Å². The molecule has 0 heterocycles. The molecule has 5 nitrogen and oxygen atoms in total. The van der Waals surface area contributed by atoms with Gasteiger partial charge >= 0.3 is 6.03 Å². The van der Waals surface area contributed by atoms with E-state index >= 15 is 0 Å². The molecule has 0 atom stereocenters. The average Bonchev–Trinajstić information content (AvgIpc) is 2.35. The Kier molecular flexibility index (Phi) is 6.54. The summed E-state index contributed by atoms with van der Waals surface area (Å²) >= 11 is 0. The van der Waals surface area contributed by atoms with E-state index in [4.69, 9.17) is 0 Å². The minimum absolute atomic E-state index is 0.0129. The van der Waals surface area contributed by atoms with Crippen LogP contribution in [0.25, 0.3) is 0 Å². The molecule has 5 heteroatoms. The van der Waals surface area contributed by atoms with E-state index in [-0.39, 0.29) is 17.9 Å². The molecule has 0 unspecified atom stereocenters. The van der Waals surface area contributed by atoms with Crippen LogP contribution in [-0.2, 0) is 4.79 Å².